The highest BCUT2D eigenvalue weighted by Gasteiger charge is 2.23. The van der Waals surface area contributed by atoms with E-state index in [1.54, 1.807) is 13.8 Å². The molecule has 0 fully saturated rings. The molecule has 1 aromatic carbocycles. The first kappa shape index (κ1) is 16.9. The van der Waals surface area contributed by atoms with Crippen molar-refractivity contribution in [1.29, 1.82) is 0 Å². The van der Waals surface area contributed by atoms with Crippen molar-refractivity contribution in [3.05, 3.63) is 39.4 Å². The lowest BCUT2D eigenvalue weighted by Crippen LogP contribution is -2.22. The molecule has 0 spiro atoms. The third-order valence-corrected chi connectivity index (χ3v) is 3.20. The average Bonchev–Trinajstić information content (AvgIpc) is 2.49. The van der Waals surface area contributed by atoms with Gasteiger partial charge in [-0.2, -0.15) is 8.78 Å². The minimum Gasteiger partial charge on any atom is -0.462 e. The Balaban J connectivity index is 2.80. The van der Waals surface area contributed by atoms with Crippen molar-refractivity contribution in [2.75, 3.05) is 6.61 Å². The molecular weight excluding hydrogens is 315 g/mol. The van der Waals surface area contributed by atoms with E-state index in [9.17, 15) is 22.8 Å². The number of esters is 1. The summed E-state index contributed by atoms with van der Waals surface area (Å²) in [5.74, 6) is -2.63. The largest absolute Gasteiger partial charge is 0.462 e. The van der Waals surface area contributed by atoms with Gasteiger partial charge in [0.15, 0.2) is 11.6 Å². The summed E-state index contributed by atoms with van der Waals surface area (Å²) in [5, 5.41) is -0.137. The van der Waals surface area contributed by atoms with E-state index < -0.39 is 29.6 Å². The number of carbonyl (C=O) groups excluding carboxylic acids is 1. The maximum Gasteiger partial charge on any atom is 0.387 e. The number of aromatic amines is 1. The van der Waals surface area contributed by atoms with Crippen LogP contribution in [0.1, 0.15) is 29.9 Å². The first-order valence-electron chi connectivity index (χ1n) is 6.89. The standard InChI is InChI=1S/C15H14F3NO4/c1-3-9-10(14(21)22-4-2)12(20)7-5-6-8(16)13(11(7)19-9)23-15(17)18/h5-6,15H,3-4H2,1-2H3,(H,19,20). The van der Waals surface area contributed by atoms with Crippen LogP contribution in [-0.2, 0) is 11.2 Å². The molecule has 0 aliphatic rings. The van der Waals surface area contributed by atoms with Gasteiger partial charge in [-0.15, -0.1) is 0 Å². The molecule has 0 aliphatic heterocycles. The zero-order valence-electron chi connectivity index (χ0n) is 12.4. The second-order valence-corrected chi connectivity index (χ2v) is 4.56. The molecule has 8 heteroatoms. The van der Waals surface area contributed by atoms with E-state index in [0.29, 0.717) is 0 Å². The predicted molar refractivity (Wildman–Crippen MR) is 76.5 cm³/mol. The van der Waals surface area contributed by atoms with Crippen molar-refractivity contribution in [1.82, 2.24) is 4.98 Å². The third kappa shape index (κ3) is 3.15. The SMILES string of the molecule is CCOC(=O)c1c(CC)[nH]c2c(OC(F)F)c(F)ccc2c1=O. The maximum absolute atomic E-state index is 13.8. The summed E-state index contributed by atoms with van der Waals surface area (Å²) in [6.07, 6.45) is 0.212. The molecule has 0 radical (unpaired) electrons. The van der Waals surface area contributed by atoms with E-state index in [2.05, 4.69) is 9.72 Å². The van der Waals surface area contributed by atoms with Crippen LogP contribution in [0.4, 0.5) is 13.2 Å². The van der Waals surface area contributed by atoms with Crippen LogP contribution in [0.3, 0.4) is 0 Å². The lowest BCUT2D eigenvalue weighted by Gasteiger charge is -2.13. The third-order valence-electron chi connectivity index (χ3n) is 3.20. The number of aromatic nitrogens is 1. The Morgan fingerprint density at radius 3 is 2.57 bits per heavy atom. The number of rotatable bonds is 5. The second-order valence-electron chi connectivity index (χ2n) is 4.56. The van der Waals surface area contributed by atoms with Crippen molar-refractivity contribution in [2.24, 2.45) is 0 Å². The van der Waals surface area contributed by atoms with Crippen LogP contribution in [0.5, 0.6) is 5.75 Å². The fourth-order valence-electron chi connectivity index (χ4n) is 2.24. The van der Waals surface area contributed by atoms with Gasteiger partial charge in [0, 0.05) is 5.69 Å². The number of carbonyl (C=O) groups is 1. The lowest BCUT2D eigenvalue weighted by molar-refractivity contribution is -0.0512. The molecule has 0 bridgehead atoms. The first-order chi connectivity index (χ1) is 10.9. The topological polar surface area (TPSA) is 68.4 Å². The van der Waals surface area contributed by atoms with Gasteiger partial charge < -0.3 is 14.5 Å². The van der Waals surface area contributed by atoms with E-state index in [4.69, 9.17) is 4.74 Å². The number of alkyl halides is 2. The predicted octanol–water partition coefficient (Wildman–Crippen LogP) is 3.01. The van der Waals surface area contributed by atoms with E-state index in [0.717, 1.165) is 12.1 Å². The normalized spacial score (nSPS) is 11.0. The smallest absolute Gasteiger partial charge is 0.387 e. The first-order valence-corrected chi connectivity index (χ1v) is 6.89. The van der Waals surface area contributed by atoms with Crippen LogP contribution in [0.2, 0.25) is 0 Å². The van der Waals surface area contributed by atoms with Crippen LogP contribution >= 0.6 is 0 Å². The van der Waals surface area contributed by atoms with E-state index in [1.807, 2.05) is 0 Å². The van der Waals surface area contributed by atoms with Gasteiger partial charge in [-0.05, 0) is 25.5 Å². The number of nitrogens with one attached hydrogen (secondary N) is 1. The molecular formula is C15H14F3NO4. The number of ether oxygens (including phenoxy) is 2. The van der Waals surface area contributed by atoms with Gasteiger partial charge >= 0.3 is 12.6 Å². The molecule has 0 aliphatic carbocycles. The summed E-state index contributed by atoms with van der Waals surface area (Å²) in [5.41, 5.74) is -1.02. The van der Waals surface area contributed by atoms with Crippen LogP contribution in [0, 0.1) is 5.82 Å². The number of benzene rings is 1. The average molecular weight is 329 g/mol. The zero-order chi connectivity index (χ0) is 17.1. The van der Waals surface area contributed by atoms with Crippen LogP contribution in [0.15, 0.2) is 16.9 Å². The Labute approximate surface area is 129 Å². The number of pyridine rings is 1. The van der Waals surface area contributed by atoms with Gasteiger partial charge in [0.2, 0.25) is 5.43 Å². The fraction of sp³-hybridized carbons (Fsp3) is 0.333. The van der Waals surface area contributed by atoms with Crippen LogP contribution in [0.25, 0.3) is 10.9 Å². The summed E-state index contributed by atoms with van der Waals surface area (Å²) in [6, 6.07) is 1.93. The number of fused-ring (bicyclic) bond motifs is 1. The quantitative estimate of drug-likeness (QED) is 0.856. The molecule has 0 atom stereocenters. The monoisotopic (exact) mass is 329 g/mol. The molecule has 1 heterocycles. The highest BCUT2D eigenvalue weighted by molar-refractivity contribution is 5.96. The van der Waals surface area contributed by atoms with Crippen molar-refractivity contribution in [3.8, 4) is 5.75 Å². The molecule has 2 aromatic rings. The summed E-state index contributed by atoms with van der Waals surface area (Å²) in [6.45, 7) is 0.0476. The minimum atomic E-state index is -3.26. The highest BCUT2D eigenvalue weighted by Crippen LogP contribution is 2.28. The van der Waals surface area contributed by atoms with E-state index in [1.165, 1.54) is 0 Å². The molecule has 2 rings (SSSR count). The number of hydrogen-bond acceptors (Lipinski definition) is 4. The molecule has 1 N–H and O–H groups in total. The molecule has 124 valence electrons. The van der Waals surface area contributed by atoms with Crippen molar-refractivity contribution >= 4 is 16.9 Å². The summed E-state index contributed by atoms with van der Waals surface area (Å²) in [7, 11) is 0. The Kier molecular flexibility index (Phi) is 4.92. The molecule has 5 nitrogen and oxygen atoms in total. The van der Waals surface area contributed by atoms with Gasteiger partial charge in [-0.25, -0.2) is 9.18 Å². The van der Waals surface area contributed by atoms with Crippen LogP contribution in [-0.4, -0.2) is 24.2 Å². The Morgan fingerprint density at radius 1 is 1.30 bits per heavy atom. The van der Waals surface area contributed by atoms with Gasteiger partial charge in [-0.3, -0.25) is 4.79 Å². The molecule has 0 amide bonds. The van der Waals surface area contributed by atoms with Gasteiger partial charge in [0.1, 0.15) is 5.56 Å². The number of hydrogen-bond donors (Lipinski definition) is 1. The molecule has 0 unspecified atom stereocenters. The summed E-state index contributed by atoms with van der Waals surface area (Å²) >= 11 is 0. The lowest BCUT2D eigenvalue weighted by atomic mass is 10.1. The minimum absolute atomic E-state index is 0.0720. The molecule has 1 aromatic heterocycles. The maximum atomic E-state index is 13.8. The Morgan fingerprint density at radius 2 is 2.00 bits per heavy atom. The van der Waals surface area contributed by atoms with E-state index >= 15 is 0 Å². The highest BCUT2D eigenvalue weighted by atomic mass is 19.3. The number of H-pyrrole nitrogens is 1. The Hall–Kier alpha value is -2.51. The fourth-order valence-corrected chi connectivity index (χ4v) is 2.24. The van der Waals surface area contributed by atoms with Gasteiger partial charge in [-0.1, -0.05) is 6.92 Å². The van der Waals surface area contributed by atoms with E-state index in [-0.39, 0.29) is 35.2 Å². The Bertz CT molecular complexity index is 801. The molecule has 0 saturated heterocycles. The van der Waals surface area contributed by atoms with Crippen LogP contribution < -0.4 is 10.2 Å². The molecule has 0 saturated carbocycles. The summed E-state index contributed by atoms with van der Waals surface area (Å²) < 4.78 is 47.7. The van der Waals surface area contributed by atoms with Crippen molar-refractivity contribution in [2.45, 2.75) is 26.9 Å². The number of aryl methyl sites for hydroxylation is 1. The number of halogens is 3. The van der Waals surface area contributed by atoms with Crippen molar-refractivity contribution in [3.63, 3.8) is 0 Å². The summed E-state index contributed by atoms with van der Waals surface area (Å²) in [4.78, 5) is 27.1. The zero-order valence-corrected chi connectivity index (χ0v) is 12.4. The van der Waals surface area contributed by atoms with Gasteiger partial charge in [0.25, 0.3) is 0 Å². The second kappa shape index (κ2) is 6.72. The van der Waals surface area contributed by atoms with Gasteiger partial charge in [0.05, 0.1) is 17.5 Å². The molecule has 23 heavy (non-hydrogen) atoms. The van der Waals surface area contributed by atoms with Crippen molar-refractivity contribution < 1.29 is 27.4 Å².